The van der Waals surface area contributed by atoms with E-state index in [0.29, 0.717) is 16.5 Å². The molecule has 2 aromatic carbocycles. The Morgan fingerprint density at radius 1 is 1.21 bits per heavy atom. The third-order valence-corrected chi connectivity index (χ3v) is 4.85. The number of aryl methyl sites for hydroxylation is 1. The van der Waals surface area contributed by atoms with Crippen molar-refractivity contribution in [3.63, 3.8) is 0 Å². The number of ether oxygens (including phenoxy) is 1. The lowest BCUT2D eigenvalue weighted by molar-refractivity contribution is -0.113. The molecule has 3 aromatic rings. The van der Waals surface area contributed by atoms with Crippen molar-refractivity contribution >= 4 is 40.9 Å². The van der Waals surface area contributed by atoms with Crippen LogP contribution in [0, 0.1) is 6.92 Å². The van der Waals surface area contributed by atoms with Crippen LogP contribution >= 0.6 is 23.4 Å². The molecule has 1 heterocycles. The SMILES string of the molecule is COC(=O)c1ccc(Cl)c(NC(=O)CSc2nc(-c3ccc(C)cc3)no2)c1. The van der Waals surface area contributed by atoms with Gasteiger partial charge in [-0.05, 0) is 25.1 Å². The first-order valence-corrected chi connectivity index (χ1v) is 9.54. The Morgan fingerprint density at radius 2 is 1.96 bits per heavy atom. The molecule has 0 unspecified atom stereocenters. The van der Waals surface area contributed by atoms with Crippen molar-refractivity contribution in [1.29, 1.82) is 0 Å². The third-order valence-electron chi connectivity index (χ3n) is 3.71. The maximum atomic E-state index is 12.2. The van der Waals surface area contributed by atoms with Gasteiger partial charge in [0.15, 0.2) is 0 Å². The van der Waals surface area contributed by atoms with Gasteiger partial charge in [-0.2, -0.15) is 4.98 Å². The summed E-state index contributed by atoms with van der Waals surface area (Å²) < 4.78 is 9.83. The molecule has 1 N–H and O–H groups in total. The quantitative estimate of drug-likeness (QED) is 0.474. The van der Waals surface area contributed by atoms with Crippen LogP contribution in [0.15, 0.2) is 52.2 Å². The summed E-state index contributed by atoms with van der Waals surface area (Å²) in [6.45, 7) is 1.99. The number of nitrogens with zero attached hydrogens (tertiary/aromatic N) is 2. The lowest BCUT2D eigenvalue weighted by atomic mass is 10.1. The number of benzene rings is 2. The minimum Gasteiger partial charge on any atom is -0.465 e. The molecule has 1 amide bonds. The van der Waals surface area contributed by atoms with E-state index in [4.69, 9.17) is 16.1 Å². The summed E-state index contributed by atoms with van der Waals surface area (Å²) in [5, 5.41) is 7.17. The van der Waals surface area contributed by atoms with Crippen molar-refractivity contribution in [1.82, 2.24) is 10.1 Å². The molecule has 0 atom stereocenters. The van der Waals surface area contributed by atoms with Crippen molar-refractivity contribution in [3.8, 4) is 11.4 Å². The average Bonchev–Trinajstić information content (AvgIpc) is 3.17. The fourth-order valence-corrected chi connectivity index (χ4v) is 3.00. The monoisotopic (exact) mass is 417 g/mol. The van der Waals surface area contributed by atoms with Crippen LogP contribution in [-0.2, 0) is 9.53 Å². The molecule has 0 saturated heterocycles. The Balaban J connectivity index is 1.61. The highest BCUT2D eigenvalue weighted by Crippen LogP contribution is 2.25. The number of amides is 1. The lowest BCUT2D eigenvalue weighted by Gasteiger charge is -2.08. The maximum absolute atomic E-state index is 12.2. The fraction of sp³-hybridized carbons (Fsp3) is 0.158. The number of halogens is 1. The molecule has 0 saturated carbocycles. The van der Waals surface area contributed by atoms with Crippen molar-refractivity contribution in [2.45, 2.75) is 12.1 Å². The van der Waals surface area contributed by atoms with E-state index in [1.54, 1.807) is 0 Å². The first-order valence-electron chi connectivity index (χ1n) is 8.17. The molecule has 9 heteroatoms. The number of thioether (sulfide) groups is 1. The lowest BCUT2D eigenvalue weighted by Crippen LogP contribution is -2.15. The molecule has 144 valence electrons. The Bertz CT molecular complexity index is 1000. The van der Waals surface area contributed by atoms with Crippen LogP contribution in [-0.4, -0.2) is 34.9 Å². The molecule has 28 heavy (non-hydrogen) atoms. The predicted octanol–water partition coefficient (Wildman–Crippen LogP) is 4.22. The molecule has 0 aliphatic carbocycles. The van der Waals surface area contributed by atoms with Crippen LogP contribution in [0.5, 0.6) is 0 Å². The average molecular weight is 418 g/mol. The number of rotatable bonds is 6. The summed E-state index contributed by atoms with van der Waals surface area (Å²) >= 11 is 7.17. The van der Waals surface area contributed by atoms with E-state index in [-0.39, 0.29) is 22.4 Å². The number of nitrogens with one attached hydrogen (secondary N) is 1. The van der Waals surface area contributed by atoms with Crippen LogP contribution in [0.4, 0.5) is 5.69 Å². The Hall–Kier alpha value is -2.84. The normalized spacial score (nSPS) is 10.5. The van der Waals surface area contributed by atoms with Gasteiger partial charge in [0.2, 0.25) is 11.7 Å². The standard InChI is InChI=1S/C19H16ClN3O4S/c1-11-3-5-12(6-4-11)17-22-19(27-23-17)28-10-16(24)21-15-9-13(18(25)26-2)7-8-14(15)20/h3-9H,10H2,1-2H3,(H,21,24). The molecular formula is C19H16ClN3O4S. The first-order chi connectivity index (χ1) is 13.5. The molecular weight excluding hydrogens is 402 g/mol. The van der Waals surface area contributed by atoms with E-state index in [1.807, 2.05) is 31.2 Å². The number of carbonyl (C=O) groups excluding carboxylic acids is 2. The third kappa shape index (κ3) is 4.90. The second-order valence-electron chi connectivity index (χ2n) is 5.77. The second-order valence-corrected chi connectivity index (χ2v) is 7.11. The molecule has 0 bridgehead atoms. The molecule has 1 aromatic heterocycles. The molecule has 0 aliphatic heterocycles. The van der Waals surface area contributed by atoms with Gasteiger partial charge in [0.25, 0.3) is 5.22 Å². The molecule has 0 fully saturated rings. The largest absolute Gasteiger partial charge is 0.465 e. The van der Waals surface area contributed by atoms with Crippen molar-refractivity contribution in [2.24, 2.45) is 0 Å². The highest BCUT2D eigenvalue weighted by molar-refractivity contribution is 7.99. The van der Waals surface area contributed by atoms with Crippen molar-refractivity contribution < 1.29 is 18.8 Å². The number of carbonyl (C=O) groups is 2. The zero-order valence-electron chi connectivity index (χ0n) is 15.1. The number of aromatic nitrogens is 2. The minimum atomic E-state index is -0.518. The van der Waals surface area contributed by atoms with Gasteiger partial charge in [-0.15, -0.1) is 0 Å². The number of methoxy groups -OCH3 is 1. The zero-order valence-corrected chi connectivity index (χ0v) is 16.6. The molecule has 0 radical (unpaired) electrons. The van der Waals surface area contributed by atoms with Gasteiger partial charge in [0.1, 0.15) is 0 Å². The Kier molecular flexibility index (Phi) is 6.33. The summed E-state index contributed by atoms with van der Waals surface area (Å²) in [5.41, 5.74) is 2.57. The Labute approximate surface area is 170 Å². The summed E-state index contributed by atoms with van der Waals surface area (Å²) in [6.07, 6.45) is 0. The van der Waals surface area contributed by atoms with E-state index in [0.717, 1.165) is 22.9 Å². The van der Waals surface area contributed by atoms with Gasteiger partial charge >= 0.3 is 5.97 Å². The predicted molar refractivity (Wildman–Crippen MR) is 107 cm³/mol. The van der Waals surface area contributed by atoms with Gasteiger partial charge in [-0.1, -0.05) is 58.3 Å². The summed E-state index contributed by atoms with van der Waals surface area (Å²) in [5.74, 6) is -0.356. The van der Waals surface area contributed by atoms with Gasteiger partial charge in [0.05, 0.1) is 29.1 Å². The second kappa shape index (κ2) is 8.90. The summed E-state index contributed by atoms with van der Waals surface area (Å²) in [6, 6.07) is 12.2. The highest BCUT2D eigenvalue weighted by atomic mass is 35.5. The number of hydrogen-bond acceptors (Lipinski definition) is 7. The summed E-state index contributed by atoms with van der Waals surface area (Å²) in [4.78, 5) is 28.1. The van der Waals surface area contributed by atoms with Gasteiger partial charge in [0, 0.05) is 5.56 Å². The Morgan fingerprint density at radius 3 is 2.68 bits per heavy atom. The van der Waals surface area contributed by atoms with Gasteiger partial charge in [-0.3, -0.25) is 4.79 Å². The van der Waals surface area contributed by atoms with Crippen molar-refractivity contribution in [2.75, 3.05) is 18.2 Å². The maximum Gasteiger partial charge on any atom is 0.337 e. The van der Waals surface area contributed by atoms with Crippen LogP contribution in [0.25, 0.3) is 11.4 Å². The van der Waals surface area contributed by atoms with Crippen LogP contribution in [0.1, 0.15) is 15.9 Å². The van der Waals surface area contributed by atoms with E-state index in [2.05, 4.69) is 20.2 Å². The first kappa shape index (κ1) is 19.9. The van der Waals surface area contributed by atoms with Crippen molar-refractivity contribution in [3.05, 3.63) is 58.6 Å². The van der Waals surface area contributed by atoms with Crippen LogP contribution in [0.2, 0.25) is 5.02 Å². The molecule has 3 rings (SSSR count). The van der Waals surface area contributed by atoms with E-state index in [1.165, 1.54) is 25.3 Å². The van der Waals surface area contributed by atoms with Crippen LogP contribution in [0.3, 0.4) is 0 Å². The molecule has 0 spiro atoms. The van der Waals surface area contributed by atoms with Gasteiger partial charge in [-0.25, -0.2) is 4.79 Å². The number of anilines is 1. The van der Waals surface area contributed by atoms with E-state index < -0.39 is 5.97 Å². The van der Waals surface area contributed by atoms with Gasteiger partial charge < -0.3 is 14.6 Å². The van der Waals surface area contributed by atoms with E-state index in [9.17, 15) is 9.59 Å². The van der Waals surface area contributed by atoms with E-state index >= 15 is 0 Å². The minimum absolute atomic E-state index is 0.0360. The topological polar surface area (TPSA) is 94.3 Å². The molecule has 0 aliphatic rings. The number of hydrogen-bond donors (Lipinski definition) is 1. The summed E-state index contributed by atoms with van der Waals surface area (Å²) in [7, 11) is 1.28. The number of esters is 1. The smallest absolute Gasteiger partial charge is 0.337 e. The fourth-order valence-electron chi connectivity index (χ4n) is 2.27. The zero-order chi connectivity index (χ0) is 20.1. The highest BCUT2D eigenvalue weighted by Gasteiger charge is 2.14. The van der Waals surface area contributed by atoms with Crippen LogP contribution < -0.4 is 5.32 Å². The molecule has 7 nitrogen and oxygen atoms in total.